The molecule has 2 aliphatic rings. The smallest absolute Gasteiger partial charge is 0.253 e. The largest absolute Gasteiger partial charge is 0.497 e. The fourth-order valence-corrected chi connectivity index (χ4v) is 5.62. The van der Waals surface area contributed by atoms with Crippen LogP contribution >= 0.6 is 0 Å². The van der Waals surface area contributed by atoms with Crippen LogP contribution in [0.2, 0.25) is 0 Å². The van der Waals surface area contributed by atoms with Gasteiger partial charge in [0.15, 0.2) is 5.65 Å². The molecular formula is C28H32N6O2. The molecule has 0 radical (unpaired) electrons. The highest BCUT2D eigenvalue weighted by molar-refractivity contribution is 5.95. The van der Waals surface area contributed by atoms with E-state index < -0.39 is 0 Å². The lowest BCUT2D eigenvalue weighted by molar-refractivity contribution is 0.0746. The second-order valence-electron chi connectivity index (χ2n) is 9.99. The Hall–Kier alpha value is -3.68. The van der Waals surface area contributed by atoms with E-state index in [9.17, 15) is 4.79 Å². The highest BCUT2D eigenvalue weighted by Crippen LogP contribution is 2.35. The summed E-state index contributed by atoms with van der Waals surface area (Å²) in [5.41, 5.74) is 3.69. The number of amides is 1. The molecule has 1 saturated heterocycles. The van der Waals surface area contributed by atoms with E-state index in [-0.39, 0.29) is 5.91 Å². The third-order valence-electron chi connectivity index (χ3n) is 7.66. The lowest BCUT2D eigenvalue weighted by atomic mass is 9.89. The van der Waals surface area contributed by atoms with E-state index >= 15 is 0 Å². The Morgan fingerprint density at radius 3 is 2.42 bits per heavy atom. The summed E-state index contributed by atoms with van der Waals surface area (Å²) in [4.78, 5) is 22.5. The van der Waals surface area contributed by atoms with Crippen molar-refractivity contribution in [3.63, 3.8) is 0 Å². The van der Waals surface area contributed by atoms with Gasteiger partial charge in [0.25, 0.3) is 5.91 Å². The summed E-state index contributed by atoms with van der Waals surface area (Å²) >= 11 is 0. The zero-order valence-corrected chi connectivity index (χ0v) is 21.0. The van der Waals surface area contributed by atoms with Crippen LogP contribution in [0.1, 0.15) is 59.8 Å². The molecule has 2 fully saturated rings. The first-order valence-electron chi connectivity index (χ1n) is 13.0. The summed E-state index contributed by atoms with van der Waals surface area (Å²) in [6, 6.07) is 13.7. The number of hydrogen-bond acceptors (Lipinski definition) is 6. The molecule has 2 aromatic heterocycles. The number of fused-ring (bicyclic) bond motifs is 3. The van der Waals surface area contributed by atoms with E-state index in [1.807, 2.05) is 29.2 Å². The number of anilines is 1. The van der Waals surface area contributed by atoms with Gasteiger partial charge < -0.3 is 14.5 Å². The Balaban J connectivity index is 1.32. The summed E-state index contributed by atoms with van der Waals surface area (Å²) in [6.45, 7) is 4.80. The van der Waals surface area contributed by atoms with Gasteiger partial charge in [-0.2, -0.15) is 0 Å². The standard InChI is InChI=1S/C28H32N6O2/c1-19-8-13-24-23(18-19)26-31-30-25(20-6-4-3-5-7-20)34(26)28(29-24)33-16-14-32(15-17-33)27(35)21-9-11-22(36-2)12-10-21/h8-13,18,20H,3-7,14-17H2,1-2H3. The minimum atomic E-state index is 0.0524. The van der Waals surface area contributed by atoms with Gasteiger partial charge in [0, 0.05) is 43.0 Å². The molecule has 8 heteroatoms. The zero-order chi connectivity index (χ0) is 24.6. The van der Waals surface area contributed by atoms with Gasteiger partial charge in [-0.15, -0.1) is 10.2 Å². The molecule has 3 heterocycles. The fraction of sp³-hybridized carbons (Fsp3) is 0.429. The van der Waals surface area contributed by atoms with Crippen molar-refractivity contribution in [1.82, 2.24) is 24.5 Å². The van der Waals surface area contributed by atoms with Gasteiger partial charge in [0.1, 0.15) is 11.6 Å². The number of ether oxygens (including phenoxy) is 1. The molecule has 8 nitrogen and oxygen atoms in total. The number of nitrogens with zero attached hydrogens (tertiary/aromatic N) is 6. The number of rotatable bonds is 4. The summed E-state index contributed by atoms with van der Waals surface area (Å²) in [6.07, 6.45) is 6.07. The first-order valence-corrected chi connectivity index (χ1v) is 13.0. The molecule has 0 bridgehead atoms. The van der Waals surface area contributed by atoms with Crippen LogP contribution in [-0.2, 0) is 0 Å². The fourth-order valence-electron chi connectivity index (χ4n) is 5.62. The molecule has 36 heavy (non-hydrogen) atoms. The topological polar surface area (TPSA) is 75.9 Å². The molecule has 1 saturated carbocycles. The van der Waals surface area contributed by atoms with Crippen molar-refractivity contribution in [1.29, 1.82) is 0 Å². The molecule has 0 atom stereocenters. The maximum atomic E-state index is 13.1. The second kappa shape index (κ2) is 9.41. The van der Waals surface area contributed by atoms with Crippen molar-refractivity contribution in [2.45, 2.75) is 44.9 Å². The second-order valence-corrected chi connectivity index (χ2v) is 9.99. The van der Waals surface area contributed by atoms with Crippen molar-refractivity contribution in [3.05, 3.63) is 59.4 Å². The summed E-state index contributed by atoms with van der Waals surface area (Å²) in [5, 5.41) is 10.5. The Labute approximate surface area is 210 Å². The minimum Gasteiger partial charge on any atom is -0.497 e. The molecule has 1 aliphatic carbocycles. The van der Waals surface area contributed by atoms with Crippen LogP contribution in [-0.4, -0.2) is 63.7 Å². The lowest BCUT2D eigenvalue weighted by Crippen LogP contribution is -2.49. The molecule has 0 spiro atoms. The van der Waals surface area contributed by atoms with Crippen molar-refractivity contribution in [3.8, 4) is 5.75 Å². The van der Waals surface area contributed by atoms with Crippen LogP contribution in [0.25, 0.3) is 16.6 Å². The number of carbonyl (C=O) groups excluding carboxylic acids is 1. The SMILES string of the molecule is COc1ccc(C(=O)N2CCN(c3nc4ccc(C)cc4c4nnc(C5CCCCC5)n34)CC2)cc1. The summed E-state index contributed by atoms with van der Waals surface area (Å²) in [5.74, 6) is 3.14. The Bertz CT molecular complexity index is 1400. The maximum absolute atomic E-state index is 13.1. The Morgan fingerprint density at radius 2 is 1.69 bits per heavy atom. The first kappa shape index (κ1) is 22.8. The van der Waals surface area contributed by atoms with E-state index in [0.29, 0.717) is 37.7 Å². The summed E-state index contributed by atoms with van der Waals surface area (Å²) in [7, 11) is 1.63. The van der Waals surface area contributed by atoms with Gasteiger partial charge in [-0.3, -0.25) is 4.79 Å². The predicted octanol–water partition coefficient (Wildman–Crippen LogP) is 4.60. The van der Waals surface area contributed by atoms with Crippen LogP contribution in [0, 0.1) is 6.92 Å². The number of carbonyl (C=O) groups is 1. The molecular weight excluding hydrogens is 452 g/mol. The lowest BCUT2D eigenvalue weighted by Gasteiger charge is -2.36. The van der Waals surface area contributed by atoms with E-state index in [0.717, 1.165) is 46.9 Å². The van der Waals surface area contributed by atoms with Crippen LogP contribution < -0.4 is 9.64 Å². The Morgan fingerprint density at radius 1 is 0.944 bits per heavy atom. The first-order chi connectivity index (χ1) is 17.6. The number of piperazine rings is 1. The number of hydrogen-bond donors (Lipinski definition) is 0. The minimum absolute atomic E-state index is 0.0524. The molecule has 2 aromatic carbocycles. The molecule has 1 aliphatic heterocycles. The van der Waals surface area contributed by atoms with Crippen LogP contribution in [0.4, 0.5) is 5.95 Å². The average molecular weight is 485 g/mol. The molecule has 6 rings (SSSR count). The van der Waals surface area contributed by atoms with Gasteiger partial charge in [-0.1, -0.05) is 30.9 Å². The van der Waals surface area contributed by atoms with Crippen LogP contribution in [0.15, 0.2) is 42.5 Å². The maximum Gasteiger partial charge on any atom is 0.253 e. The highest BCUT2D eigenvalue weighted by atomic mass is 16.5. The molecule has 0 unspecified atom stereocenters. The van der Waals surface area contributed by atoms with Gasteiger partial charge in [-0.25, -0.2) is 9.38 Å². The normalized spacial score (nSPS) is 17.2. The number of methoxy groups -OCH3 is 1. The monoisotopic (exact) mass is 484 g/mol. The third-order valence-corrected chi connectivity index (χ3v) is 7.66. The van der Waals surface area contributed by atoms with Crippen molar-refractivity contribution in [2.75, 3.05) is 38.2 Å². The Kier molecular flexibility index (Phi) is 5.95. The van der Waals surface area contributed by atoms with Crippen LogP contribution in [0.3, 0.4) is 0 Å². The number of aromatic nitrogens is 4. The quantitative estimate of drug-likeness (QED) is 0.421. The predicted molar refractivity (Wildman–Crippen MR) is 140 cm³/mol. The van der Waals surface area contributed by atoms with Crippen molar-refractivity contribution in [2.24, 2.45) is 0 Å². The molecule has 0 N–H and O–H groups in total. The van der Waals surface area contributed by atoms with Gasteiger partial charge in [0.05, 0.1) is 12.6 Å². The van der Waals surface area contributed by atoms with Crippen molar-refractivity contribution < 1.29 is 9.53 Å². The van der Waals surface area contributed by atoms with E-state index in [4.69, 9.17) is 14.8 Å². The van der Waals surface area contributed by atoms with E-state index in [1.165, 1.54) is 24.8 Å². The number of benzene rings is 2. The molecule has 4 aromatic rings. The summed E-state index contributed by atoms with van der Waals surface area (Å²) < 4.78 is 7.43. The van der Waals surface area contributed by atoms with Gasteiger partial charge in [0.2, 0.25) is 5.95 Å². The zero-order valence-electron chi connectivity index (χ0n) is 21.0. The van der Waals surface area contributed by atoms with Gasteiger partial charge >= 0.3 is 0 Å². The average Bonchev–Trinajstić information content (AvgIpc) is 3.39. The van der Waals surface area contributed by atoms with E-state index in [1.54, 1.807) is 7.11 Å². The number of aryl methyl sites for hydroxylation is 1. The van der Waals surface area contributed by atoms with E-state index in [2.05, 4.69) is 39.5 Å². The third kappa shape index (κ3) is 4.04. The molecule has 1 amide bonds. The van der Waals surface area contributed by atoms with Crippen LogP contribution in [0.5, 0.6) is 5.75 Å². The van der Waals surface area contributed by atoms with Crippen molar-refractivity contribution >= 4 is 28.4 Å². The van der Waals surface area contributed by atoms with Gasteiger partial charge in [-0.05, 0) is 56.2 Å². The molecule has 186 valence electrons. The highest BCUT2D eigenvalue weighted by Gasteiger charge is 2.28.